The number of hydrogen-bond donors (Lipinski definition) is 0. The molecule has 1 aromatic rings. The van der Waals surface area contributed by atoms with Crippen LogP contribution in [0.3, 0.4) is 0 Å². The lowest BCUT2D eigenvalue weighted by Crippen LogP contribution is -1.88. The first kappa shape index (κ1) is 9.09. The molecule has 1 rings (SSSR count). The van der Waals surface area contributed by atoms with Crippen molar-refractivity contribution in [1.29, 1.82) is 5.26 Å². The van der Waals surface area contributed by atoms with Crippen LogP contribution in [0.25, 0.3) is 0 Å². The van der Waals surface area contributed by atoms with Gasteiger partial charge in [0.1, 0.15) is 0 Å². The zero-order valence-electron chi connectivity index (χ0n) is 7.19. The minimum Gasteiger partial charge on any atom is -0.198 e. The van der Waals surface area contributed by atoms with Crippen molar-refractivity contribution in [3.8, 4) is 6.07 Å². The van der Waals surface area contributed by atoms with Crippen LogP contribution in [0.5, 0.6) is 0 Å². The van der Waals surface area contributed by atoms with Crippen LogP contribution in [0.4, 0.5) is 0 Å². The normalized spacial score (nSPS) is 9.50. The Kier molecular flexibility index (Phi) is 2.73. The number of aryl methyl sites for hydroxylation is 2. The monoisotopic (exact) mass is 179 g/mol. The van der Waals surface area contributed by atoms with Crippen molar-refractivity contribution < 1.29 is 0 Å². The Hall–Kier alpha value is -1.00. The zero-order chi connectivity index (χ0) is 9.14. The molecule has 0 saturated heterocycles. The topological polar surface area (TPSA) is 23.8 Å². The molecular formula is C10H10ClN. The molecular weight excluding hydrogens is 170 g/mol. The zero-order valence-corrected chi connectivity index (χ0v) is 7.94. The van der Waals surface area contributed by atoms with E-state index in [2.05, 4.69) is 6.07 Å². The predicted octanol–water partition coefficient (Wildman–Crippen LogP) is 3.02. The molecule has 0 atom stereocenters. The number of nitrogens with zero attached hydrogens (tertiary/aromatic N) is 1. The van der Waals surface area contributed by atoms with Crippen LogP contribution >= 0.6 is 11.6 Å². The summed E-state index contributed by atoms with van der Waals surface area (Å²) >= 11 is 5.93. The first-order chi connectivity index (χ1) is 5.65. The summed E-state index contributed by atoms with van der Waals surface area (Å²) in [6.45, 7) is 4.03. The smallest absolute Gasteiger partial charge is 0.0670 e. The highest BCUT2D eigenvalue weighted by molar-refractivity contribution is 6.31. The van der Waals surface area contributed by atoms with Crippen LogP contribution in [0.2, 0.25) is 5.02 Å². The summed E-state index contributed by atoms with van der Waals surface area (Å²) in [5, 5.41) is 9.19. The van der Waals surface area contributed by atoms with E-state index in [1.54, 1.807) is 0 Å². The highest BCUT2D eigenvalue weighted by atomic mass is 35.5. The van der Waals surface area contributed by atoms with Gasteiger partial charge >= 0.3 is 0 Å². The fourth-order valence-electron chi connectivity index (χ4n) is 1.06. The summed E-state index contributed by atoms with van der Waals surface area (Å²) in [6.07, 6.45) is 0.389. The molecule has 0 bridgehead atoms. The van der Waals surface area contributed by atoms with Gasteiger partial charge in [-0.05, 0) is 36.6 Å². The van der Waals surface area contributed by atoms with E-state index >= 15 is 0 Å². The first-order valence-electron chi connectivity index (χ1n) is 3.77. The molecule has 0 N–H and O–H groups in total. The van der Waals surface area contributed by atoms with Crippen LogP contribution in [-0.2, 0) is 6.42 Å². The average Bonchev–Trinajstić information content (AvgIpc) is 2.01. The Morgan fingerprint density at radius 2 is 1.92 bits per heavy atom. The summed E-state index contributed by atoms with van der Waals surface area (Å²) in [5.74, 6) is 0. The molecule has 1 nitrogen and oxygen atoms in total. The van der Waals surface area contributed by atoms with Crippen molar-refractivity contribution >= 4 is 11.6 Å². The number of hydrogen-bond acceptors (Lipinski definition) is 1. The summed E-state index contributed by atoms with van der Waals surface area (Å²) in [4.78, 5) is 0. The van der Waals surface area contributed by atoms with E-state index in [9.17, 15) is 0 Å². The Balaban J connectivity index is 3.16. The maximum absolute atomic E-state index is 8.50. The average molecular weight is 180 g/mol. The maximum atomic E-state index is 8.50. The minimum atomic E-state index is 0.389. The Bertz CT molecular complexity index is 336. The molecule has 0 aliphatic heterocycles. The molecule has 2 heteroatoms. The summed E-state index contributed by atoms with van der Waals surface area (Å²) in [6, 6.07) is 5.97. The van der Waals surface area contributed by atoms with Crippen LogP contribution in [0, 0.1) is 25.2 Å². The largest absolute Gasteiger partial charge is 0.198 e. The molecule has 0 radical (unpaired) electrons. The molecule has 0 aliphatic rings. The molecule has 0 heterocycles. The maximum Gasteiger partial charge on any atom is 0.0670 e. The van der Waals surface area contributed by atoms with E-state index in [4.69, 9.17) is 16.9 Å². The van der Waals surface area contributed by atoms with Gasteiger partial charge in [0.15, 0.2) is 0 Å². The number of halogens is 1. The van der Waals surface area contributed by atoms with Gasteiger partial charge in [0.05, 0.1) is 12.5 Å². The van der Waals surface area contributed by atoms with Gasteiger partial charge in [-0.15, -0.1) is 0 Å². The Morgan fingerprint density at radius 1 is 1.33 bits per heavy atom. The first-order valence-corrected chi connectivity index (χ1v) is 4.15. The van der Waals surface area contributed by atoms with Crippen molar-refractivity contribution in [2.45, 2.75) is 20.3 Å². The van der Waals surface area contributed by atoms with Gasteiger partial charge in [0, 0.05) is 5.02 Å². The van der Waals surface area contributed by atoms with E-state index in [0.29, 0.717) is 11.4 Å². The lowest BCUT2D eigenvalue weighted by Gasteiger charge is -2.04. The molecule has 62 valence electrons. The predicted molar refractivity (Wildman–Crippen MR) is 50.2 cm³/mol. The lowest BCUT2D eigenvalue weighted by atomic mass is 10.0. The second kappa shape index (κ2) is 3.60. The molecule has 0 spiro atoms. The van der Waals surface area contributed by atoms with Gasteiger partial charge in [0.25, 0.3) is 0 Å². The third kappa shape index (κ3) is 1.78. The Labute approximate surface area is 77.6 Å². The lowest BCUT2D eigenvalue weighted by molar-refractivity contribution is 1.22. The van der Waals surface area contributed by atoms with Crippen molar-refractivity contribution in [3.63, 3.8) is 0 Å². The van der Waals surface area contributed by atoms with Crippen LogP contribution in [-0.4, -0.2) is 0 Å². The van der Waals surface area contributed by atoms with Crippen LogP contribution in [0.15, 0.2) is 12.1 Å². The molecule has 0 fully saturated rings. The Morgan fingerprint density at radius 3 is 2.50 bits per heavy atom. The molecule has 0 aliphatic carbocycles. The third-order valence-corrected chi connectivity index (χ3v) is 2.28. The number of nitriles is 1. The number of benzene rings is 1. The van der Waals surface area contributed by atoms with Crippen molar-refractivity contribution in [2.24, 2.45) is 0 Å². The molecule has 0 aromatic heterocycles. The van der Waals surface area contributed by atoms with Gasteiger partial charge in [-0.1, -0.05) is 17.7 Å². The van der Waals surface area contributed by atoms with Gasteiger partial charge in [0.2, 0.25) is 0 Å². The number of rotatable bonds is 1. The highest BCUT2D eigenvalue weighted by Crippen LogP contribution is 2.20. The van der Waals surface area contributed by atoms with E-state index in [1.165, 1.54) is 11.1 Å². The van der Waals surface area contributed by atoms with E-state index in [0.717, 1.165) is 5.56 Å². The van der Waals surface area contributed by atoms with Crippen molar-refractivity contribution in [1.82, 2.24) is 0 Å². The standard InChI is InChI=1S/C10H10ClN/c1-7-5-9(3-4-12)10(11)6-8(7)2/h5-6H,3H2,1-2H3. The molecule has 12 heavy (non-hydrogen) atoms. The second-order valence-corrected chi connectivity index (χ2v) is 3.27. The minimum absolute atomic E-state index is 0.389. The fourth-order valence-corrected chi connectivity index (χ4v) is 1.35. The highest BCUT2D eigenvalue weighted by Gasteiger charge is 2.01. The van der Waals surface area contributed by atoms with Crippen molar-refractivity contribution in [3.05, 3.63) is 33.8 Å². The van der Waals surface area contributed by atoms with Crippen LogP contribution in [0.1, 0.15) is 16.7 Å². The van der Waals surface area contributed by atoms with Gasteiger partial charge in [-0.25, -0.2) is 0 Å². The quantitative estimate of drug-likeness (QED) is 0.650. The molecule has 0 unspecified atom stereocenters. The molecule has 1 aromatic carbocycles. The third-order valence-electron chi connectivity index (χ3n) is 1.93. The summed E-state index contributed by atoms with van der Waals surface area (Å²) in [5.41, 5.74) is 3.27. The van der Waals surface area contributed by atoms with E-state index in [1.807, 2.05) is 26.0 Å². The fraction of sp³-hybridized carbons (Fsp3) is 0.300. The van der Waals surface area contributed by atoms with Crippen molar-refractivity contribution in [2.75, 3.05) is 0 Å². The van der Waals surface area contributed by atoms with Gasteiger partial charge in [-0.2, -0.15) is 5.26 Å². The van der Waals surface area contributed by atoms with Gasteiger partial charge in [-0.3, -0.25) is 0 Å². The summed E-state index contributed by atoms with van der Waals surface area (Å²) < 4.78 is 0. The second-order valence-electron chi connectivity index (χ2n) is 2.86. The van der Waals surface area contributed by atoms with E-state index < -0.39 is 0 Å². The van der Waals surface area contributed by atoms with Gasteiger partial charge < -0.3 is 0 Å². The molecule has 0 saturated carbocycles. The summed E-state index contributed by atoms with van der Waals surface area (Å²) in [7, 11) is 0. The SMILES string of the molecule is Cc1cc(Cl)c(CC#N)cc1C. The van der Waals surface area contributed by atoms with E-state index in [-0.39, 0.29) is 0 Å². The molecule has 0 amide bonds. The van der Waals surface area contributed by atoms with Crippen LogP contribution < -0.4 is 0 Å².